The molecule has 1 aliphatic heterocycles. The fourth-order valence-electron chi connectivity index (χ4n) is 3.06. The van der Waals surface area contributed by atoms with E-state index in [1.54, 1.807) is 6.08 Å². The first kappa shape index (κ1) is 17.4. The van der Waals surface area contributed by atoms with Gasteiger partial charge in [0.05, 0.1) is 12.5 Å². The number of amides is 1. The van der Waals surface area contributed by atoms with E-state index in [4.69, 9.17) is 4.52 Å². The molecule has 1 saturated heterocycles. The molecule has 1 amide bonds. The van der Waals surface area contributed by atoms with Crippen LogP contribution < -0.4 is 5.32 Å². The Labute approximate surface area is 147 Å². The van der Waals surface area contributed by atoms with Gasteiger partial charge in [0.1, 0.15) is 0 Å². The van der Waals surface area contributed by atoms with Crippen LogP contribution in [0.15, 0.2) is 41.4 Å². The number of rotatable bonds is 6. The number of piperidine rings is 1. The molecule has 0 bridgehead atoms. The van der Waals surface area contributed by atoms with Crippen LogP contribution in [0.2, 0.25) is 0 Å². The maximum atomic E-state index is 12.1. The third-order valence-electron chi connectivity index (χ3n) is 4.43. The molecule has 132 valence electrons. The topological polar surface area (TPSA) is 71.3 Å². The second-order valence-electron chi connectivity index (χ2n) is 6.49. The van der Waals surface area contributed by atoms with Crippen LogP contribution in [0.1, 0.15) is 24.3 Å². The van der Waals surface area contributed by atoms with Gasteiger partial charge in [-0.05, 0) is 26.3 Å². The van der Waals surface area contributed by atoms with Crippen molar-refractivity contribution in [2.24, 2.45) is 5.92 Å². The average Bonchev–Trinajstić information content (AvgIpc) is 3.09. The molecule has 25 heavy (non-hydrogen) atoms. The lowest BCUT2D eigenvalue weighted by molar-refractivity contribution is -0.126. The molecule has 6 heteroatoms. The Morgan fingerprint density at radius 2 is 2.24 bits per heavy atom. The molecule has 1 N–H and O–H groups in total. The van der Waals surface area contributed by atoms with Crippen molar-refractivity contribution in [3.63, 3.8) is 0 Å². The van der Waals surface area contributed by atoms with Gasteiger partial charge in [-0.3, -0.25) is 9.69 Å². The number of likely N-dealkylation sites (tertiary alicyclic amines) is 1. The van der Waals surface area contributed by atoms with Crippen molar-refractivity contribution in [2.45, 2.75) is 26.3 Å². The van der Waals surface area contributed by atoms with Gasteiger partial charge < -0.3 is 9.84 Å². The van der Waals surface area contributed by atoms with Crippen molar-refractivity contribution in [3.8, 4) is 11.4 Å². The van der Waals surface area contributed by atoms with Crippen LogP contribution in [-0.4, -0.2) is 40.6 Å². The number of aromatic nitrogens is 2. The summed E-state index contributed by atoms with van der Waals surface area (Å²) in [6.07, 6.45) is 3.60. The van der Waals surface area contributed by atoms with Gasteiger partial charge in [-0.1, -0.05) is 41.1 Å². The van der Waals surface area contributed by atoms with Gasteiger partial charge in [0.2, 0.25) is 17.6 Å². The van der Waals surface area contributed by atoms with Gasteiger partial charge in [-0.25, -0.2) is 0 Å². The molecule has 6 nitrogen and oxygen atoms in total. The summed E-state index contributed by atoms with van der Waals surface area (Å²) in [5.74, 6) is 1.29. The zero-order chi connectivity index (χ0) is 17.6. The molecule has 0 spiro atoms. The minimum Gasteiger partial charge on any atom is -0.352 e. The number of carbonyl (C=O) groups is 1. The van der Waals surface area contributed by atoms with E-state index in [0.717, 1.165) is 24.9 Å². The second-order valence-corrected chi connectivity index (χ2v) is 6.49. The van der Waals surface area contributed by atoms with Crippen molar-refractivity contribution in [3.05, 3.63) is 48.4 Å². The first-order valence-electron chi connectivity index (χ1n) is 8.66. The number of hydrogen-bond donors (Lipinski definition) is 1. The predicted molar refractivity (Wildman–Crippen MR) is 95.7 cm³/mol. The summed E-state index contributed by atoms with van der Waals surface area (Å²) in [6.45, 7) is 8.41. The van der Waals surface area contributed by atoms with Gasteiger partial charge in [0, 0.05) is 18.7 Å². The van der Waals surface area contributed by atoms with E-state index in [-0.39, 0.29) is 11.8 Å². The average molecular weight is 340 g/mol. The highest BCUT2D eigenvalue weighted by molar-refractivity contribution is 5.79. The smallest absolute Gasteiger partial charge is 0.241 e. The van der Waals surface area contributed by atoms with Crippen LogP contribution in [-0.2, 0) is 11.3 Å². The summed E-state index contributed by atoms with van der Waals surface area (Å²) in [7, 11) is 0. The normalized spacial score (nSPS) is 18.0. The number of nitrogens with one attached hydrogen (secondary N) is 1. The van der Waals surface area contributed by atoms with Gasteiger partial charge in [0.25, 0.3) is 0 Å². The fourth-order valence-corrected chi connectivity index (χ4v) is 3.06. The summed E-state index contributed by atoms with van der Waals surface area (Å²) in [5, 5.41) is 6.95. The van der Waals surface area contributed by atoms with Crippen LogP contribution in [0.5, 0.6) is 0 Å². The van der Waals surface area contributed by atoms with Crippen molar-refractivity contribution in [2.75, 3.05) is 19.6 Å². The highest BCUT2D eigenvalue weighted by Gasteiger charge is 2.26. The number of hydrogen-bond acceptors (Lipinski definition) is 5. The van der Waals surface area contributed by atoms with Crippen molar-refractivity contribution >= 4 is 5.91 Å². The second kappa shape index (κ2) is 8.07. The SMILES string of the molecule is C=CCNC(=O)C1CCCN(Cc2nc(-c3ccc(C)cc3)no2)C1. The van der Waals surface area contributed by atoms with E-state index >= 15 is 0 Å². The predicted octanol–water partition coefficient (Wildman–Crippen LogP) is 2.56. The molecule has 1 atom stereocenters. The monoisotopic (exact) mass is 340 g/mol. The van der Waals surface area contributed by atoms with Crippen molar-refractivity contribution in [1.29, 1.82) is 0 Å². The van der Waals surface area contributed by atoms with Gasteiger partial charge in [-0.2, -0.15) is 4.98 Å². The van der Waals surface area contributed by atoms with Crippen LogP contribution in [0.4, 0.5) is 0 Å². The largest absolute Gasteiger partial charge is 0.352 e. The quantitative estimate of drug-likeness (QED) is 0.818. The van der Waals surface area contributed by atoms with E-state index in [2.05, 4.69) is 26.9 Å². The van der Waals surface area contributed by atoms with Gasteiger partial charge in [-0.15, -0.1) is 6.58 Å². The molecular weight excluding hydrogens is 316 g/mol. The first-order valence-corrected chi connectivity index (χ1v) is 8.66. The van der Waals surface area contributed by atoms with E-state index in [1.165, 1.54) is 5.56 Å². The molecule has 0 radical (unpaired) electrons. The molecule has 3 rings (SSSR count). The zero-order valence-electron chi connectivity index (χ0n) is 14.6. The number of benzene rings is 1. The standard InChI is InChI=1S/C19H24N4O2/c1-3-10-20-19(24)16-5-4-11-23(12-16)13-17-21-18(22-25-17)15-8-6-14(2)7-9-15/h3,6-9,16H,1,4-5,10-13H2,2H3,(H,20,24). The molecule has 0 aliphatic carbocycles. The highest BCUT2D eigenvalue weighted by Crippen LogP contribution is 2.20. The zero-order valence-corrected chi connectivity index (χ0v) is 14.6. The van der Waals surface area contributed by atoms with Crippen molar-refractivity contribution < 1.29 is 9.32 Å². The summed E-state index contributed by atoms with van der Waals surface area (Å²) in [6, 6.07) is 8.04. The Hall–Kier alpha value is -2.47. The maximum Gasteiger partial charge on any atom is 0.241 e. The first-order chi connectivity index (χ1) is 12.2. The van der Waals surface area contributed by atoms with Crippen LogP contribution in [0.25, 0.3) is 11.4 Å². The van der Waals surface area contributed by atoms with Gasteiger partial charge >= 0.3 is 0 Å². The Bertz CT molecular complexity index is 723. The molecule has 1 aliphatic rings. The lowest BCUT2D eigenvalue weighted by atomic mass is 9.97. The third-order valence-corrected chi connectivity index (χ3v) is 4.43. The number of aryl methyl sites for hydroxylation is 1. The Morgan fingerprint density at radius 1 is 1.44 bits per heavy atom. The summed E-state index contributed by atoms with van der Waals surface area (Å²) < 4.78 is 5.40. The maximum absolute atomic E-state index is 12.1. The minimum absolute atomic E-state index is 0.00758. The van der Waals surface area contributed by atoms with Crippen molar-refractivity contribution in [1.82, 2.24) is 20.4 Å². The molecule has 1 fully saturated rings. The van der Waals surface area contributed by atoms with Crippen LogP contribution >= 0.6 is 0 Å². The lowest BCUT2D eigenvalue weighted by Gasteiger charge is -2.30. The minimum atomic E-state index is 0.00758. The summed E-state index contributed by atoms with van der Waals surface area (Å²) in [5.41, 5.74) is 2.14. The summed E-state index contributed by atoms with van der Waals surface area (Å²) >= 11 is 0. The number of nitrogens with zero attached hydrogens (tertiary/aromatic N) is 3. The highest BCUT2D eigenvalue weighted by atomic mass is 16.5. The molecule has 1 aromatic heterocycles. The molecule has 2 aromatic rings. The van der Waals surface area contributed by atoms with E-state index in [0.29, 0.717) is 31.3 Å². The molecule has 0 saturated carbocycles. The third kappa shape index (κ3) is 4.54. The van der Waals surface area contributed by atoms with E-state index in [9.17, 15) is 4.79 Å². The molecule has 1 unspecified atom stereocenters. The molecule has 2 heterocycles. The van der Waals surface area contributed by atoms with Gasteiger partial charge in [0.15, 0.2) is 0 Å². The lowest BCUT2D eigenvalue weighted by Crippen LogP contribution is -2.42. The Morgan fingerprint density at radius 3 is 3.00 bits per heavy atom. The van der Waals surface area contributed by atoms with Crippen LogP contribution in [0.3, 0.4) is 0 Å². The van der Waals surface area contributed by atoms with E-state index in [1.807, 2.05) is 31.2 Å². The molecule has 1 aromatic carbocycles. The fraction of sp³-hybridized carbons (Fsp3) is 0.421. The summed E-state index contributed by atoms with van der Waals surface area (Å²) in [4.78, 5) is 18.8. The Balaban J connectivity index is 1.59. The van der Waals surface area contributed by atoms with Crippen LogP contribution in [0, 0.1) is 12.8 Å². The number of carbonyl (C=O) groups excluding carboxylic acids is 1. The molecular formula is C19H24N4O2. The van der Waals surface area contributed by atoms with E-state index < -0.39 is 0 Å². The Kier molecular flexibility index (Phi) is 5.60.